The lowest BCUT2D eigenvalue weighted by atomic mass is 9.91. The Morgan fingerprint density at radius 1 is 0.895 bits per heavy atom. The highest BCUT2D eigenvalue weighted by Gasteiger charge is 2.37. The Morgan fingerprint density at radius 3 is 2.42 bits per heavy atom. The summed E-state index contributed by atoms with van der Waals surface area (Å²) in [4.78, 5) is 30.0. The van der Waals surface area contributed by atoms with E-state index in [1.165, 1.54) is 0 Å². The van der Waals surface area contributed by atoms with Gasteiger partial charge in [-0.15, -0.1) is 0 Å². The number of hydrogen-bond donors (Lipinski definition) is 3. The molecular weight excluding hydrogens is 474 g/mol. The van der Waals surface area contributed by atoms with Crippen molar-refractivity contribution in [2.45, 2.75) is 38.5 Å². The lowest BCUT2D eigenvalue weighted by Gasteiger charge is -2.31. The number of amides is 2. The number of rotatable bonds is 8. The van der Waals surface area contributed by atoms with Gasteiger partial charge in [-0.2, -0.15) is 0 Å². The number of nitrogens with one attached hydrogen (secondary N) is 3. The van der Waals surface area contributed by atoms with Crippen LogP contribution >= 0.6 is 0 Å². The topological polar surface area (TPSA) is 83.2 Å². The van der Waals surface area contributed by atoms with Crippen molar-refractivity contribution in [2.24, 2.45) is 0 Å². The van der Waals surface area contributed by atoms with E-state index in [1.54, 1.807) is 6.92 Å². The molecule has 0 aliphatic rings. The summed E-state index contributed by atoms with van der Waals surface area (Å²) in [6.07, 6.45) is 1.52. The Bertz CT molecular complexity index is 1580. The molecule has 5 aromatic rings. The summed E-state index contributed by atoms with van der Waals surface area (Å²) in [5.41, 5.74) is 2.50. The van der Waals surface area contributed by atoms with Gasteiger partial charge in [-0.3, -0.25) is 4.79 Å². The maximum atomic E-state index is 13.7. The van der Waals surface area contributed by atoms with Crippen LogP contribution in [0.25, 0.3) is 21.7 Å². The largest absolute Gasteiger partial charge is 0.445 e. The number of H-pyrrole nitrogens is 1. The van der Waals surface area contributed by atoms with Gasteiger partial charge in [0.1, 0.15) is 12.1 Å². The number of aromatic nitrogens is 1. The molecule has 6 nitrogen and oxygen atoms in total. The van der Waals surface area contributed by atoms with Crippen LogP contribution in [0.15, 0.2) is 103 Å². The maximum absolute atomic E-state index is 13.7. The van der Waals surface area contributed by atoms with Gasteiger partial charge in [0.2, 0.25) is 5.91 Å². The van der Waals surface area contributed by atoms with Crippen LogP contribution in [0.5, 0.6) is 0 Å². The van der Waals surface area contributed by atoms with Crippen molar-refractivity contribution in [1.29, 1.82) is 0 Å². The van der Waals surface area contributed by atoms with Crippen molar-refractivity contribution < 1.29 is 14.3 Å². The molecule has 192 valence electrons. The third-order valence-corrected chi connectivity index (χ3v) is 6.93. The Hall–Kier alpha value is -4.58. The molecule has 0 aliphatic carbocycles. The van der Waals surface area contributed by atoms with E-state index in [0.717, 1.165) is 38.4 Å². The molecule has 1 heterocycles. The fraction of sp³-hybridized carbons (Fsp3) is 0.188. The van der Waals surface area contributed by atoms with Gasteiger partial charge in [0.05, 0.1) is 6.04 Å². The highest BCUT2D eigenvalue weighted by atomic mass is 16.5. The number of alkyl carbamates (subject to hydrolysis) is 1. The number of hydrogen-bond acceptors (Lipinski definition) is 3. The third kappa shape index (κ3) is 5.54. The summed E-state index contributed by atoms with van der Waals surface area (Å²) in [5, 5.41) is 9.16. The van der Waals surface area contributed by atoms with Crippen LogP contribution in [-0.2, 0) is 22.6 Å². The maximum Gasteiger partial charge on any atom is 0.408 e. The molecule has 0 bridgehead atoms. The molecule has 2 atom stereocenters. The zero-order chi connectivity index (χ0) is 26.5. The molecule has 6 heteroatoms. The number of carbonyl (C=O) groups is 2. The van der Waals surface area contributed by atoms with Gasteiger partial charge in [0.15, 0.2) is 0 Å². The van der Waals surface area contributed by atoms with Crippen molar-refractivity contribution in [1.82, 2.24) is 15.6 Å². The Labute approximate surface area is 222 Å². The zero-order valence-electron chi connectivity index (χ0n) is 21.5. The first-order valence-corrected chi connectivity index (χ1v) is 12.7. The summed E-state index contributed by atoms with van der Waals surface area (Å²) >= 11 is 0. The number of para-hydroxylation sites is 1. The quantitative estimate of drug-likeness (QED) is 0.227. The molecule has 38 heavy (non-hydrogen) atoms. The third-order valence-electron chi connectivity index (χ3n) is 6.93. The number of fused-ring (bicyclic) bond motifs is 2. The first kappa shape index (κ1) is 25.1. The zero-order valence-corrected chi connectivity index (χ0v) is 21.5. The number of benzene rings is 4. The lowest BCUT2D eigenvalue weighted by molar-refractivity contribution is -0.127. The lowest BCUT2D eigenvalue weighted by Crippen LogP contribution is -2.58. The molecule has 0 radical (unpaired) electrons. The summed E-state index contributed by atoms with van der Waals surface area (Å²) in [6, 6.07) is 31.4. The van der Waals surface area contributed by atoms with Crippen molar-refractivity contribution in [2.75, 3.05) is 0 Å². The molecule has 0 saturated heterocycles. The van der Waals surface area contributed by atoms with E-state index in [9.17, 15) is 9.59 Å². The molecule has 5 rings (SSSR count). The highest BCUT2D eigenvalue weighted by molar-refractivity contribution is 5.92. The Morgan fingerprint density at radius 2 is 1.61 bits per heavy atom. The summed E-state index contributed by atoms with van der Waals surface area (Å²) in [7, 11) is 0. The molecule has 0 spiro atoms. The van der Waals surface area contributed by atoms with Crippen LogP contribution in [0.1, 0.15) is 36.6 Å². The molecule has 0 unspecified atom stereocenters. The smallest absolute Gasteiger partial charge is 0.408 e. The van der Waals surface area contributed by atoms with Crippen LogP contribution in [0, 0.1) is 0 Å². The van der Waals surface area contributed by atoms with Gasteiger partial charge < -0.3 is 20.4 Å². The highest BCUT2D eigenvalue weighted by Crippen LogP contribution is 2.24. The molecule has 1 aromatic heterocycles. The van der Waals surface area contributed by atoms with E-state index < -0.39 is 11.6 Å². The predicted molar refractivity (Wildman–Crippen MR) is 151 cm³/mol. The summed E-state index contributed by atoms with van der Waals surface area (Å²) in [6.45, 7) is 3.76. The average molecular weight is 506 g/mol. The minimum absolute atomic E-state index is 0.0991. The standard InChI is InChI=1S/C32H31N3O3/c1-22(24-10-4-3-5-11-24)34-30(36)32(2,19-27-20-33-29-15-9-8-14-28(27)29)35-31(37)38-21-23-16-17-25-12-6-7-13-26(25)18-23/h3-18,20,22,33H,19,21H2,1-2H3,(H,34,36)(H,35,37)/t22-,32-/m1/s1. The first-order valence-electron chi connectivity index (χ1n) is 12.7. The van der Waals surface area contributed by atoms with Crippen LogP contribution < -0.4 is 10.6 Å². The van der Waals surface area contributed by atoms with Crippen molar-refractivity contribution >= 4 is 33.7 Å². The second-order valence-corrected chi connectivity index (χ2v) is 9.86. The van der Waals surface area contributed by atoms with Crippen molar-refractivity contribution in [3.8, 4) is 0 Å². The molecule has 2 amide bonds. The second kappa shape index (κ2) is 10.8. The minimum Gasteiger partial charge on any atom is -0.445 e. The monoisotopic (exact) mass is 505 g/mol. The number of ether oxygens (including phenoxy) is 1. The average Bonchev–Trinajstić information content (AvgIpc) is 3.34. The predicted octanol–water partition coefficient (Wildman–Crippen LogP) is 6.43. The molecule has 0 fully saturated rings. The van der Waals surface area contributed by atoms with E-state index >= 15 is 0 Å². The van der Waals surface area contributed by atoms with Crippen LogP contribution in [0.2, 0.25) is 0 Å². The van der Waals surface area contributed by atoms with Crippen LogP contribution in [0.3, 0.4) is 0 Å². The SMILES string of the molecule is C[C@@H](NC(=O)[C@@](C)(Cc1c[nH]c2ccccc12)NC(=O)OCc1ccc2ccccc2c1)c1ccccc1. The van der Waals surface area contributed by atoms with Gasteiger partial charge in [0, 0.05) is 23.5 Å². The Balaban J connectivity index is 1.34. The number of aromatic amines is 1. The van der Waals surface area contributed by atoms with Crippen LogP contribution in [-0.4, -0.2) is 22.5 Å². The summed E-state index contributed by atoms with van der Waals surface area (Å²) in [5.74, 6) is -0.290. The first-order chi connectivity index (χ1) is 18.4. The molecular formula is C32H31N3O3. The molecule has 0 saturated carbocycles. The number of carbonyl (C=O) groups excluding carboxylic acids is 2. The van der Waals surface area contributed by atoms with E-state index in [4.69, 9.17) is 4.74 Å². The molecule has 3 N–H and O–H groups in total. The minimum atomic E-state index is -1.26. The van der Waals surface area contributed by atoms with E-state index in [2.05, 4.69) is 15.6 Å². The van der Waals surface area contributed by atoms with Crippen LogP contribution in [0.4, 0.5) is 4.79 Å². The van der Waals surface area contributed by atoms with E-state index in [-0.39, 0.29) is 25.0 Å². The van der Waals surface area contributed by atoms with E-state index in [1.807, 2.05) is 110 Å². The van der Waals surface area contributed by atoms with Gasteiger partial charge in [-0.25, -0.2) is 4.79 Å². The van der Waals surface area contributed by atoms with Gasteiger partial charge >= 0.3 is 6.09 Å². The molecule has 0 aliphatic heterocycles. The fourth-order valence-electron chi connectivity index (χ4n) is 4.76. The van der Waals surface area contributed by atoms with Gasteiger partial charge in [-0.1, -0.05) is 84.9 Å². The molecule has 4 aromatic carbocycles. The van der Waals surface area contributed by atoms with Crippen molar-refractivity contribution in [3.63, 3.8) is 0 Å². The Kier molecular flexibility index (Phi) is 7.13. The normalized spacial score (nSPS) is 13.5. The van der Waals surface area contributed by atoms with Gasteiger partial charge in [-0.05, 0) is 53.4 Å². The second-order valence-electron chi connectivity index (χ2n) is 9.86. The summed E-state index contributed by atoms with van der Waals surface area (Å²) < 4.78 is 5.58. The van der Waals surface area contributed by atoms with Crippen molar-refractivity contribution in [3.05, 3.63) is 120 Å². The van der Waals surface area contributed by atoms with E-state index in [0.29, 0.717) is 0 Å². The fourth-order valence-corrected chi connectivity index (χ4v) is 4.76. The van der Waals surface area contributed by atoms with Gasteiger partial charge in [0.25, 0.3) is 0 Å².